The summed E-state index contributed by atoms with van der Waals surface area (Å²) in [5, 5.41) is 3.49. The lowest BCUT2D eigenvalue weighted by molar-refractivity contribution is 0.103. The first kappa shape index (κ1) is 21.7. The van der Waals surface area contributed by atoms with Crippen LogP contribution in [0.3, 0.4) is 0 Å². The molecule has 0 amide bonds. The van der Waals surface area contributed by atoms with Gasteiger partial charge in [0.2, 0.25) is 0 Å². The predicted octanol–water partition coefficient (Wildman–Crippen LogP) is 5.58. The van der Waals surface area contributed by atoms with Crippen LogP contribution in [-0.4, -0.2) is 31.1 Å². The molecule has 1 aromatic rings. The first-order valence-electron chi connectivity index (χ1n) is 8.15. The minimum Gasteiger partial charge on any atom is -0.314 e. The molecule has 0 unspecified atom stereocenters. The number of hydrogen-bond donors (Lipinski definition) is 1. The van der Waals surface area contributed by atoms with Gasteiger partial charge in [0.25, 0.3) is 0 Å². The lowest BCUT2D eigenvalue weighted by Crippen LogP contribution is -2.47. The van der Waals surface area contributed by atoms with Gasteiger partial charge in [-0.25, -0.2) is 0 Å². The molecule has 6 heteroatoms. The maximum absolute atomic E-state index is 3.80. The van der Waals surface area contributed by atoms with E-state index in [1.807, 2.05) is 0 Å². The van der Waals surface area contributed by atoms with Gasteiger partial charge in [-0.1, -0.05) is 51.1 Å². The molecule has 1 aromatic carbocycles. The molecule has 0 bridgehead atoms. The van der Waals surface area contributed by atoms with E-state index in [1.54, 1.807) is 0 Å². The zero-order chi connectivity index (χ0) is 14.7. The third kappa shape index (κ3) is 5.58. The molecule has 1 N–H and O–H groups in total. The van der Waals surface area contributed by atoms with Crippen LogP contribution in [0.2, 0.25) is 0 Å². The Labute approximate surface area is 169 Å². The van der Waals surface area contributed by atoms with Crippen LogP contribution in [0.1, 0.15) is 43.7 Å². The standard InChI is InChI=1S/C17H24Br2N2.2ClH/c18-14-6-7-16(19)15(12-14)17(13-4-2-1-3-5-13)21-10-8-20-9-11-21;;/h6-7,12-13,17,20H,1-5,8-11H2;2*1H/t17-;;/m1../s1. The Hall–Kier alpha value is 0.680. The van der Waals surface area contributed by atoms with Crippen LogP contribution in [0.25, 0.3) is 0 Å². The fourth-order valence-corrected chi connectivity index (χ4v) is 4.76. The number of hydrogen-bond acceptors (Lipinski definition) is 2. The Bertz CT molecular complexity index is 458. The van der Waals surface area contributed by atoms with Gasteiger partial charge < -0.3 is 5.32 Å². The Morgan fingerprint density at radius 2 is 1.65 bits per heavy atom. The highest BCUT2D eigenvalue weighted by molar-refractivity contribution is 9.11. The quantitative estimate of drug-likeness (QED) is 0.597. The summed E-state index contributed by atoms with van der Waals surface area (Å²) in [4.78, 5) is 2.71. The first-order valence-corrected chi connectivity index (χ1v) is 9.74. The van der Waals surface area contributed by atoms with E-state index in [9.17, 15) is 0 Å². The minimum atomic E-state index is 0. The largest absolute Gasteiger partial charge is 0.314 e. The van der Waals surface area contributed by atoms with E-state index in [0.717, 1.165) is 19.0 Å². The molecule has 2 nitrogen and oxygen atoms in total. The second-order valence-corrected chi connectivity index (χ2v) is 8.06. The molecule has 1 aliphatic carbocycles. The molecular weight excluding hydrogens is 463 g/mol. The number of nitrogens with one attached hydrogen (secondary N) is 1. The van der Waals surface area contributed by atoms with Crippen molar-refractivity contribution in [3.8, 4) is 0 Å². The molecule has 0 spiro atoms. The molecule has 132 valence electrons. The predicted molar refractivity (Wildman–Crippen MR) is 110 cm³/mol. The van der Waals surface area contributed by atoms with E-state index in [1.165, 1.54) is 59.7 Å². The van der Waals surface area contributed by atoms with Crippen LogP contribution in [0, 0.1) is 5.92 Å². The molecule has 1 atom stereocenters. The molecule has 1 saturated carbocycles. The highest BCUT2D eigenvalue weighted by atomic mass is 79.9. The van der Waals surface area contributed by atoms with Crippen molar-refractivity contribution in [1.29, 1.82) is 0 Å². The topological polar surface area (TPSA) is 15.3 Å². The summed E-state index contributed by atoms with van der Waals surface area (Å²) in [6.07, 6.45) is 6.99. The van der Waals surface area contributed by atoms with Gasteiger partial charge in [0, 0.05) is 41.2 Å². The zero-order valence-corrected chi connectivity index (χ0v) is 18.1. The number of benzene rings is 1. The second-order valence-electron chi connectivity index (χ2n) is 6.29. The van der Waals surface area contributed by atoms with Crippen molar-refractivity contribution < 1.29 is 0 Å². The zero-order valence-electron chi connectivity index (χ0n) is 13.3. The average molecular weight is 489 g/mol. The summed E-state index contributed by atoms with van der Waals surface area (Å²) >= 11 is 7.46. The smallest absolute Gasteiger partial charge is 0.0388 e. The van der Waals surface area contributed by atoms with Crippen molar-refractivity contribution in [2.45, 2.75) is 38.1 Å². The van der Waals surface area contributed by atoms with Crippen LogP contribution in [0.5, 0.6) is 0 Å². The molecular formula is C17H26Br2Cl2N2. The lowest BCUT2D eigenvalue weighted by Gasteiger charge is -2.41. The molecule has 3 rings (SSSR count). The summed E-state index contributed by atoms with van der Waals surface area (Å²) in [7, 11) is 0. The molecule has 1 aliphatic heterocycles. The van der Waals surface area contributed by atoms with Crippen molar-refractivity contribution >= 4 is 56.7 Å². The SMILES string of the molecule is Brc1ccc(Br)c([C@@H](C2CCCCC2)N2CCNCC2)c1.Cl.Cl. The van der Waals surface area contributed by atoms with E-state index >= 15 is 0 Å². The lowest BCUT2D eigenvalue weighted by atomic mass is 9.80. The molecule has 23 heavy (non-hydrogen) atoms. The average Bonchev–Trinajstić information content (AvgIpc) is 2.53. The van der Waals surface area contributed by atoms with Crippen molar-refractivity contribution in [1.82, 2.24) is 10.2 Å². The van der Waals surface area contributed by atoms with Gasteiger partial charge in [0.1, 0.15) is 0 Å². The van der Waals surface area contributed by atoms with Gasteiger partial charge in [-0.15, -0.1) is 24.8 Å². The van der Waals surface area contributed by atoms with Crippen molar-refractivity contribution in [2.75, 3.05) is 26.2 Å². The third-order valence-electron chi connectivity index (χ3n) is 4.92. The summed E-state index contributed by atoms with van der Waals surface area (Å²) in [5.74, 6) is 0.808. The van der Waals surface area contributed by atoms with Gasteiger partial charge in [-0.2, -0.15) is 0 Å². The Morgan fingerprint density at radius 3 is 2.30 bits per heavy atom. The van der Waals surface area contributed by atoms with Gasteiger partial charge >= 0.3 is 0 Å². The summed E-state index contributed by atoms with van der Waals surface area (Å²) in [5.41, 5.74) is 1.47. The Kier molecular flexibility index (Phi) is 10.0. The van der Waals surface area contributed by atoms with E-state index in [0.29, 0.717) is 6.04 Å². The highest BCUT2D eigenvalue weighted by Gasteiger charge is 2.32. The maximum atomic E-state index is 3.80. The van der Waals surface area contributed by atoms with E-state index in [-0.39, 0.29) is 24.8 Å². The molecule has 1 heterocycles. The molecule has 1 saturated heterocycles. The summed E-state index contributed by atoms with van der Waals surface area (Å²) in [6, 6.07) is 7.21. The fourth-order valence-electron chi connectivity index (χ4n) is 3.90. The van der Waals surface area contributed by atoms with Crippen LogP contribution in [-0.2, 0) is 0 Å². The van der Waals surface area contributed by atoms with Gasteiger partial charge in [0.05, 0.1) is 0 Å². The highest BCUT2D eigenvalue weighted by Crippen LogP contribution is 2.41. The normalized spacial score (nSPS) is 21.1. The van der Waals surface area contributed by atoms with Crippen LogP contribution in [0.4, 0.5) is 0 Å². The number of nitrogens with zero attached hydrogens (tertiary/aromatic N) is 1. The second kappa shape index (κ2) is 10.6. The number of rotatable bonds is 3. The van der Waals surface area contributed by atoms with E-state index < -0.39 is 0 Å². The molecule has 0 aromatic heterocycles. The van der Waals surface area contributed by atoms with Crippen molar-refractivity contribution in [2.24, 2.45) is 5.92 Å². The third-order valence-corrected chi connectivity index (χ3v) is 6.13. The Balaban J connectivity index is 0.00000132. The Morgan fingerprint density at radius 1 is 1.00 bits per heavy atom. The fraction of sp³-hybridized carbons (Fsp3) is 0.647. The van der Waals surface area contributed by atoms with Crippen LogP contribution in [0.15, 0.2) is 27.1 Å². The maximum Gasteiger partial charge on any atom is 0.0388 e. The number of halogens is 4. The van der Waals surface area contributed by atoms with Gasteiger partial charge in [-0.05, 0) is 42.5 Å². The van der Waals surface area contributed by atoms with Gasteiger partial charge in [-0.3, -0.25) is 4.90 Å². The first-order chi connectivity index (χ1) is 10.3. The van der Waals surface area contributed by atoms with E-state index in [4.69, 9.17) is 0 Å². The minimum absolute atomic E-state index is 0. The summed E-state index contributed by atoms with van der Waals surface area (Å²) < 4.78 is 2.46. The van der Waals surface area contributed by atoms with Crippen molar-refractivity contribution in [3.63, 3.8) is 0 Å². The molecule has 2 aliphatic rings. The van der Waals surface area contributed by atoms with Crippen LogP contribution >= 0.6 is 56.7 Å². The molecule has 2 fully saturated rings. The van der Waals surface area contributed by atoms with Crippen LogP contribution < -0.4 is 5.32 Å². The summed E-state index contributed by atoms with van der Waals surface area (Å²) in [6.45, 7) is 4.57. The monoisotopic (exact) mass is 486 g/mol. The number of piperazine rings is 1. The van der Waals surface area contributed by atoms with E-state index in [2.05, 4.69) is 60.3 Å². The molecule has 0 radical (unpaired) electrons. The van der Waals surface area contributed by atoms with Crippen molar-refractivity contribution in [3.05, 3.63) is 32.7 Å². The van der Waals surface area contributed by atoms with Gasteiger partial charge in [0.15, 0.2) is 0 Å².